The summed E-state index contributed by atoms with van der Waals surface area (Å²) in [5.74, 6) is 0.721. The fourth-order valence-corrected chi connectivity index (χ4v) is 2.09. The summed E-state index contributed by atoms with van der Waals surface area (Å²) in [6.07, 6.45) is 3.65. The molecule has 1 aliphatic heterocycles. The van der Waals surface area contributed by atoms with Crippen molar-refractivity contribution in [3.8, 4) is 0 Å². The van der Waals surface area contributed by atoms with Gasteiger partial charge in [0.05, 0.1) is 11.0 Å². The molecular formula is C8H11BrN4O. The Morgan fingerprint density at radius 3 is 3.07 bits per heavy atom. The Morgan fingerprint density at radius 1 is 1.64 bits per heavy atom. The van der Waals surface area contributed by atoms with Crippen LogP contribution < -0.4 is 4.90 Å². The minimum Gasteiger partial charge on any atom is -0.293 e. The summed E-state index contributed by atoms with van der Waals surface area (Å²) < 4.78 is 1.60. The number of alkyl halides is 1. The largest absolute Gasteiger partial charge is 0.293 e. The fraction of sp³-hybridized carbons (Fsp3) is 0.625. The third-order valence-corrected chi connectivity index (χ3v) is 3.09. The minimum absolute atomic E-state index is 0.0711. The van der Waals surface area contributed by atoms with Crippen LogP contribution in [-0.4, -0.2) is 32.3 Å². The van der Waals surface area contributed by atoms with Crippen LogP contribution in [0.1, 0.15) is 12.8 Å². The Hall–Kier alpha value is -0.910. The summed E-state index contributed by atoms with van der Waals surface area (Å²) in [7, 11) is 1.79. The first-order chi connectivity index (χ1) is 6.68. The first-order valence-electron chi connectivity index (χ1n) is 4.50. The summed E-state index contributed by atoms with van der Waals surface area (Å²) >= 11 is 3.35. The van der Waals surface area contributed by atoms with Gasteiger partial charge < -0.3 is 0 Å². The van der Waals surface area contributed by atoms with Crippen molar-refractivity contribution in [1.29, 1.82) is 0 Å². The lowest BCUT2D eigenvalue weighted by Crippen LogP contribution is -2.42. The lowest BCUT2D eigenvalue weighted by atomic mass is 10.1. The van der Waals surface area contributed by atoms with Crippen LogP contribution in [0, 0.1) is 0 Å². The highest BCUT2D eigenvalue weighted by atomic mass is 79.9. The zero-order valence-corrected chi connectivity index (χ0v) is 9.44. The van der Waals surface area contributed by atoms with Gasteiger partial charge >= 0.3 is 0 Å². The van der Waals surface area contributed by atoms with Gasteiger partial charge in [0.15, 0.2) is 5.82 Å². The molecule has 76 valence electrons. The van der Waals surface area contributed by atoms with Crippen molar-refractivity contribution in [1.82, 2.24) is 15.0 Å². The predicted octanol–water partition coefficient (Wildman–Crippen LogP) is 0.705. The first kappa shape index (κ1) is 9.64. The number of rotatable bonds is 1. The van der Waals surface area contributed by atoms with Gasteiger partial charge in [-0.1, -0.05) is 21.1 Å². The second kappa shape index (κ2) is 3.68. The van der Waals surface area contributed by atoms with E-state index in [1.165, 1.54) is 0 Å². The smallest absolute Gasteiger partial charge is 0.242 e. The monoisotopic (exact) mass is 258 g/mol. The van der Waals surface area contributed by atoms with Crippen LogP contribution in [0.2, 0.25) is 0 Å². The maximum atomic E-state index is 11.7. The van der Waals surface area contributed by atoms with E-state index < -0.39 is 0 Å². The number of carbonyl (C=O) groups is 1. The summed E-state index contributed by atoms with van der Waals surface area (Å²) in [4.78, 5) is 13.3. The average Bonchev–Trinajstić information content (AvgIpc) is 2.57. The van der Waals surface area contributed by atoms with Crippen molar-refractivity contribution in [2.75, 3.05) is 11.4 Å². The molecule has 1 aromatic rings. The van der Waals surface area contributed by atoms with Crippen molar-refractivity contribution in [3.63, 3.8) is 0 Å². The van der Waals surface area contributed by atoms with E-state index in [-0.39, 0.29) is 10.7 Å². The Kier molecular flexibility index (Phi) is 2.54. The number of halogens is 1. The van der Waals surface area contributed by atoms with Crippen LogP contribution in [0.3, 0.4) is 0 Å². The molecule has 0 radical (unpaired) electrons. The van der Waals surface area contributed by atoms with Gasteiger partial charge in [0.2, 0.25) is 5.91 Å². The molecule has 1 fully saturated rings. The Bertz CT molecular complexity index is 351. The number of anilines is 1. The normalized spacial score (nSPS) is 22.9. The molecule has 5 nitrogen and oxygen atoms in total. The molecule has 0 saturated carbocycles. The number of nitrogens with zero attached hydrogens (tertiary/aromatic N) is 4. The molecule has 1 aliphatic rings. The first-order valence-corrected chi connectivity index (χ1v) is 5.42. The van der Waals surface area contributed by atoms with Crippen molar-refractivity contribution in [2.45, 2.75) is 17.7 Å². The number of aryl methyl sites for hydroxylation is 1. The number of piperidine rings is 1. The van der Waals surface area contributed by atoms with Crippen LogP contribution in [0.25, 0.3) is 0 Å². The highest BCUT2D eigenvalue weighted by Crippen LogP contribution is 2.22. The van der Waals surface area contributed by atoms with Gasteiger partial charge in [0.1, 0.15) is 0 Å². The second-order valence-electron chi connectivity index (χ2n) is 3.35. The fourth-order valence-electron chi connectivity index (χ4n) is 1.52. The highest BCUT2D eigenvalue weighted by molar-refractivity contribution is 9.10. The zero-order chi connectivity index (χ0) is 10.1. The standard InChI is InChI=1S/C8H11BrN4O/c1-12-5-7(10-11-12)13-4-2-3-6(9)8(13)14/h5-6H,2-4H2,1H3. The van der Waals surface area contributed by atoms with Crippen molar-refractivity contribution in [2.24, 2.45) is 7.05 Å². The van der Waals surface area contributed by atoms with Crippen molar-refractivity contribution in [3.05, 3.63) is 6.20 Å². The average molecular weight is 259 g/mol. The Morgan fingerprint density at radius 2 is 2.43 bits per heavy atom. The van der Waals surface area contributed by atoms with E-state index >= 15 is 0 Å². The van der Waals surface area contributed by atoms with Gasteiger partial charge in [-0.15, -0.1) is 5.10 Å². The molecule has 14 heavy (non-hydrogen) atoms. The Balaban J connectivity index is 2.21. The number of carbonyl (C=O) groups excluding carboxylic acids is 1. The lowest BCUT2D eigenvalue weighted by molar-refractivity contribution is -0.118. The number of amides is 1. The van der Waals surface area contributed by atoms with E-state index in [0.29, 0.717) is 5.82 Å². The third kappa shape index (κ3) is 1.66. The van der Waals surface area contributed by atoms with E-state index in [1.807, 2.05) is 0 Å². The summed E-state index contributed by atoms with van der Waals surface area (Å²) in [6, 6.07) is 0. The molecule has 2 rings (SSSR count). The molecule has 6 heteroatoms. The molecule has 1 atom stereocenters. The number of aromatic nitrogens is 3. The van der Waals surface area contributed by atoms with Crippen molar-refractivity contribution >= 4 is 27.7 Å². The van der Waals surface area contributed by atoms with Gasteiger partial charge in [-0.05, 0) is 12.8 Å². The quantitative estimate of drug-likeness (QED) is 0.698. The van der Waals surface area contributed by atoms with Gasteiger partial charge in [-0.25, -0.2) is 0 Å². The van der Waals surface area contributed by atoms with E-state index in [2.05, 4.69) is 26.2 Å². The molecule has 0 N–H and O–H groups in total. The van der Waals surface area contributed by atoms with Gasteiger partial charge in [0, 0.05) is 13.6 Å². The molecule has 2 heterocycles. The van der Waals surface area contributed by atoms with E-state index in [1.54, 1.807) is 22.8 Å². The topological polar surface area (TPSA) is 51.0 Å². The van der Waals surface area contributed by atoms with Crippen LogP contribution in [0.4, 0.5) is 5.82 Å². The molecule has 1 aromatic heterocycles. The molecule has 1 saturated heterocycles. The minimum atomic E-state index is -0.0711. The number of hydrogen-bond donors (Lipinski definition) is 0. The molecule has 0 aliphatic carbocycles. The van der Waals surface area contributed by atoms with Crippen molar-refractivity contribution < 1.29 is 4.79 Å². The van der Waals surface area contributed by atoms with Crippen LogP contribution in [-0.2, 0) is 11.8 Å². The van der Waals surface area contributed by atoms with E-state index in [9.17, 15) is 4.79 Å². The molecule has 0 aromatic carbocycles. The van der Waals surface area contributed by atoms with Gasteiger partial charge in [-0.3, -0.25) is 14.4 Å². The maximum Gasteiger partial charge on any atom is 0.242 e. The second-order valence-corrected chi connectivity index (χ2v) is 4.46. The summed E-state index contributed by atoms with van der Waals surface area (Å²) in [6.45, 7) is 0.736. The maximum absolute atomic E-state index is 11.7. The highest BCUT2D eigenvalue weighted by Gasteiger charge is 2.28. The molecular weight excluding hydrogens is 248 g/mol. The zero-order valence-electron chi connectivity index (χ0n) is 7.85. The van der Waals surface area contributed by atoms with Gasteiger partial charge in [-0.2, -0.15) is 0 Å². The summed E-state index contributed by atoms with van der Waals surface area (Å²) in [5.41, 5.74) is 0. The SMILES string of the molecule is Cn1cc(N2CCCC(Br)C2=O)nn1. The third-order valence-electron chi connectivity index (χ3n) is 2.24. The van der Waals surface area contributed by atoms with Crippen LogP contribution >= 0.6 is 15.9 Å². The molecule has 1 unspecified atom stereocenters. The lowest BCUT2D eigenvalue weighted by Gasteiger charge is -2.27. The van der Waals surface area contributed by atoms with Crippen LogP contribution in [0.5, 0.6) is 0 Å². The van der Waals surface area contributed by atoms with Gasteiger partial charge in [0.25, 0.3) is 0 Å². The van der Waals surface area contributed by atoms with Crippen LogP contribution in [0.15, 0.2) is 6.20 Å². The summed E-state index contributed by atoms with van der Waals surface area (Å²) in [5, 5.41) is 7.73. The van der Waals surface area contributed by atoms with E-state index in [0.717, 1.165) is 19.4 Å². The molecule has 0 bridgehead atoms. The number of hydrogen-bond acceptors (Lipinski definition) is 3. The Labute approximate surface area is 90.2 Å². The molecule has 1 amide bonds. The van der Waals surface area contributed by atoms with E-state index in [4.69, 9.17) is 0 Å². The predicted molar refractivity (Wildman–Crippen MR) is 55.3 cm³/mol. The molecule has 0 spiro atoms.